The average molecular weight is 243 g/mol. The van der Waals surface area contributed by atoms with E-state index in [0.29, 0.717) is 26.1 Å². The van der Waals surface area contributed by atoms with Crippen molar-refractivity contribution in [1.29, 1.82) is 0 Å². The molecule has 2 unspecified atom stereocenters. The van der Waals surface area contributed by atoms with Crippen molar-refractivity contribution in [3.8, 4) is 0 Å². The molecule has 0 bridgehead atoms. The van der Waals surface area contributed by atoms with Gasteiger partial charge >= 0.3 is 0 Å². The number of carbonyl (C=O) groups is 2. The summed E-state index contributed by atoms with van der Waals surface area (Å²) in [5.41, 5.74) is 10.8. The van der Waals surface area contributed by atoms with E-state index in [2.05, 4.69) is 0 Å². The minimum atomic E-state index is -0.633. The van der Waals surface area contributed by atoms with Crippen molar-refractivity contribution in [2.75, 3.05) is 26.3 Å². The average Bonchev–Trinajstić information content (AvgIpc) is 2.35. The van der Waals surface area contributed by atoms with Crippen LogP contribution >= 0.6 is 0 Å². The van der Waals surface area contributed by atoms with Crippen LogP contribution in [0, 0.1) is 5.92 Å². The van der Waals surface area contributed by atoms with E-state index in [1.54, 1.807) is 0 Å². The number of nitrogens with zero attached hydrogens (tertiary/aromatic N) is 1. The molecule has 0 aromatic carbocycles. The van der Waals surface area contributed by atoms with Gasteiger partial charge in [-0.2, -0.15) is 0 Å². The Morgan fingerprint density at radius 2 is 2.24 bits per heavy atom. The number of carbonyl (C=O) groups excluding carboxylic acids is 2. The van der Waals surface area contributed by atoms with Gasteiger partial charge in [0.25, 0.3) is 0 Å². The van der Waals surface area contributed by atoms with Crippen LogP contribution < -0.4 is 11.5 Å². The van der Waals surface area contributed by atoms with Crippen LogP contribution in [0.4, 0.5) is 0 Å². The van der Waals surface area contributed by atoms with E-state index in [-0.39, 0.29) is 18.4 Å². The van der Waals surface area contributed by atoms with E-state index in [1.807, 2.05) is 6.92 Å². The molecule has 6 heteroatoms. The van der Waals surface area contributed by atoms with Gasteiger partial charge in [-0.3, -0.25) is 9.59 Å². The quantitative estimate of drug-likeness (QED) is 0.652. The Labute approximate surface area is 101 Å². The van der Waals surface area contributed by atoms with Crippen LogP contribution in [-0.4, -0.2) is 49.1 Å². The molecule has 4 N–H and O–H groups in total. The maximum atomic E-state index is 12.0. The molecular weight excluding hydrogens is 222 g/mol. The van der Waals surface area contributed by atoms with Gasteiger partial charge in [-0.1, -0.05) is 13.3 Å². The number of primary amides is 1. The highest BCUT2D eigenvalue weighted by atomic mass is 16.5. The SMILES string of the molecule is CCC(CN)CC(=O)N1CCOCC1C(N)=O. The molecule has 1 fully saturated rings. The third kappa shape index (κ3) is 3.67. The second kappa shape index (κ2) is 6.56. The lowest BCUT2D eigenvalue weighted by Crippen LogP contribution is -2.55. The summed E-state index contributed by atoms with van der Waals surface area (Å²) in [4.78, 5) is 24.8. The lowest BCUT2D eigenvalue weighted by atomic mass is 10.0. The zero-order valence-corrected chi connectivity index (χ0v) is 10.2. The molecule has 0 aromatic rings. The van der Waals surface area contributed by atoms with Gasteiger partial charge in [-0.25, -0.2) is 0 Å². The van der Waals surface area contributed by atoms with Crippen molar-refractivity contribution < 1.29 is 14.3 Å². The van der Waals surface area contributed by atoms with Crippen LogP contribution in [0.15, 0.2) is 0 Å². The smallest absolute Gasteiger partial charge is 0.242 e. The highest BCUT2D eigenvalue weighted by Gasteiger charge is 2.31. The molecule has 0 spiro atoms. The topological polar surface area (TPSA) is 98.7 Å². The summed E-state index contributed by atoms with van der Waals surface area (Å²) in [5.74, 6) is -0.410. The molecule has 2 atom stereocenters. The second-order valence-electron chi connectivity index (χ2n) is 4.29. The van der Waals surface area contributed by atoms with E-state index >= 15 is 0 Å². The fraction of sp³-hybridized carbons (Fsp3) is 0.818. The first-order chi connectivity index (χ1) is 8.10. The Bertz CT molecular complexity index is 279. The predicted molar refractivity (Wildman–Crippen MR) is 63.0 cm³/mol. The predicted octanol–water partition coefficient (Wildman–Crippen LogP) is -0.926. The van der Waals surface area contributed by atoms with Gasteiger partial charge in [0.05, 0.1) is 13.2 Å². The summed E-state index contributed by atoms with van der Waals surface area (Å²) in [5, 5.41) is 0. The third-order valence-electron chi connectivity index (χ3n) is 3.15. The minimum absolute atomic E-state index is 0.0607. The Kier molecular flexibility index (Phi) is 5.37. The molecule has 17 heavy (non-hydrogen) atoms. The van der Waals surface area contributed by atoms with E-state index < -0.39 is 11.9 Å². The van der Waals surface area contributed by atoms with Crippen molar-refractivity contribution in [2.45, 2.75) is 25.8 Å². The summed E-state index contributed by atoms with van der Waals surface area (Å²) >= 11 is 0. The first-order valence-electron chi connectivity index (χ1n) is 5.96. The van der Waals surface area contributed by atoms with Crippen molar-refractivity contribution in [3.63, 3.8) is 0 Å². The molecule has 0 aliphatic carbocycles. The zero-order valence-electron chi connectivity index (χ0n) is 10.2. The van der Waals surface area contributed by atoms with Crippen LogP contribution in [0.5, 0.6) is 0 Å². The van der Waals surface area contributed by atoms with Gasteiger partial charge in [0.1, 0.15) is 6.04 Å². The largest absolute Gasteiger partial charge is 0.377 e. The van der Waals surface area contributed by atoms with Crippen molar-refractivity contribution in [2.24, 2.45) is 17.4 Å². The molecule has 2 amide bonds. The number of hydrogen-bond acceptors (Lipinski definition) is 4. The summed E-state index contributed by atoms with van der Waals surface area (Å²) < 4.78 is 5.16. The summed E-state index contributed by atoms with van der Waals surface area (Å²) in [6, 6.07) is -0.633. The Morgan fingerprint density at radius 1 is 1.53 bits per heavy atom. The van der Waals surface area contributed by atoms with Crippen LogP contribution in [0.2, 0.25) is 0 Å². The number of hydrogen-bond donors (Lipinski definition) is 2. The van der Waals surface area contributed by atoms with E-state index in [4.69, 9.17) is 16.2 Å². The molecule has 0 saturated carbocycles. The molecule has 6 nitrogen and oxygen atoms in total. The number of morpholine rings is 1. The van der Waals surface area contributed by atoms with Crippen LogP contribution in [0.25, 0.3) is 0 Å². The Morgan fingerprint density at radius 3 is 2.76 bits per heavy atom. The molecule has 1 saturated heterocycles. The molecule has 0 aromatic heterocycles. The summed E-state index contributed by atoms with van der Waals surface area (Å²) in [6.45, 7) is 3.55. The van der Waals surface area contributed by atoms with Crippen molar-refractivity contribution in [3.05, 3.63) is 0 Å². The monoisotopic (exact) mass is 243 g/mol. The molecule has 1 heterocycles. The second-order valence-corrected chi connectivity index (χ2v) is 4.29. The fourth-order valence-corrected chi connectivity index (χ4v) is 1.90. The fourth-order valence-electron chi connectivity index (χ4n) is 1.90. The first-order valence-corrected chi connectivity index (χ1v) is 5.96. The normalized spacial score (nSPS) is 22.2. The van der Waals surface area contributed by atoms with E-state index in [9.17, 15) is 9.59 Å². The Balaban J connectivity index is 2.61. The maximum Gasteiger partial charge on any atom is 0.242 e. The first kappa shape index (κ1) is 13.9. The zero-order chi connectivity index (χ0) is 12.8. The number of amides is 2. The van der Waals surface area contributed by atoms with Gasteiger partial charge in [0.2, 0.25) is 11.8 Å². The molecule has 1 aliphatic rings. The summed E-state index contributed by atoms with van der Waals surface area (Å²) in [6.07, 6.45) is 1.23. The minimum Gasteiger partial charge on any atom is -0.377 e. The maximum absolute atomic E-state index is 12.0. The molecule has 98 valence electrons. The van der Waals surface area contributed by atoms with E-state index in [0.717, 1.165) is 6.42 Å². The Hall–Kier alpha value is -1.14. The van der Waals surface area contributed by atoms with Gasteiger partial charge < -0.3 is 21.1 Å². The third-order valence-corrected chi connectivity index (χ3v) is 3.15. The molecule has 1 aliphatic heterocycles. The highest BCUT2D eigenvalue weighted by molar-refractivity contribution is 5.87. The van der Waals surface area contributed by atoms with Crippen LogP contribution in [-0.2, 0) is 14.3 Å². The molecular formula is C11H21N3O3. The van der Waals surface area contributed by atoms with Crippen molar-refractivity contribution >= 4 is 11.8 Å². The lowest BCUT2D eigenvalue weighted by Gasteiger charge is -2.34. The van der Waals surface area contributed by atoms with Gasteiger partial charge in [-0.05, 0) is 12.5 Å². The standard InChI is InChI=1S/C11H21N3O3/c1-2-8(6-12)5-10(15)14-3-4-17-7-9(14)11(13)16/h8-9H,2-7,12H2,1H3,(H2,13,16). The molecule has 1 rings (SSSR count). The van der Waals surface area contributed by atoms with Gasteiger partial charge in [0.15, 0.2) is 0 Å². The highest BCUT2D eigenvalue weighted by Crippen LogP contribution is 2.13. The van der Waals surface area contributed by atoms with E-state index in [1.165, 1.54) is 4.90 Å². The van der Waals surface area contributed by atoms with Gasteiger partial charge in [0, 0.05) is 13.0 Å². The summed E-state index contributed by atoms with van der Waals surface area (Å²) in [7, 11) is 0. The number of rotatable bonds is 5. The van der Waals surface area contributed by atoms with Crippen molar-refractivity contribution in [1.82, 2.24) is 4.90 Å². The van der Waals surface area contributed by atoms with Gasteiger partial charge in [-0.15, -0.1) is 0 Å². The number of nitrogens with two attached hydrogens (primary N) is 2. The van der Waals surface area contributed by atoms with Crippen LogP contribution in [0.1, 0.15) is 19.8 Å². The molecule has 0 radical (unpaired) electrons. The number of ether oxygens (including phenoxy) is 1. The lowest BCUT2D eigenvalue weighted by molar-refractivity contribution is -0.147. The van der Waals surface area contributed by atoms with Crippen LogP contribution in [0.3, 0.4) is 0 Å².